The molecule has 58 heavy (non-hydrogen) atoms. The van der Waals surface area contributed by atoms with E-state index in [1.54, 1.807) is 42.6 Å². The third-order valence-corrected chi connectivity index (χ3v) is 12.6. The van der Waals surface area contributed by atoms with Crippen molar-refractivity contribution in [1.29, 1.82) is 0 Å². The number of nitrogens with zero attached hydrogens (tertiary/aromatic N) is 3. The summed E-state index contributed by atoms with van der Waals surface area (Å²) in [5.74, 6) is -0.755. The van der Waals surface area contributed by atoms with Crippen molar-refractivity contribution >= 4 is 44.2 Å². The lowest BCUT2D eigenvalue weighted by molar-refractivity contribution is -0.0481. The van der Waals surface area contributed by atoms with E-state index in [0.717, 1.165) is 16.8 Å². The van der Waals surface area contributed by atoms with Gasteiger partial charge in [-0.05, 0) is 61.4 Å². The molecule has 18 heteroatoms. The van der Waals surface area contributed by atoms with Gasteiger partial charge in [0.25, 0.3) is 0 Å². The SMILES string of the molecule is Cc1ccc(-c2cn3c(=O)n(C4OC(COP(=O)(O)OP(=O)(O)Cc5ccc(N)cc5)C(OC(=O)Nc5ccccc5)C4CCNc4ccccc4)ccc3n2)cc1. The predicted molar refractivity (Wildman–Crippen MR) is 218 cm³/mol. The number of aryl methyl sites for hydroxylation is 1. The van der Waals surface area contributed by atoms with Crippen LogP contribution in [0.5, 0.6) is 0 Å². The topological polar surface area (TPSA) is 218 Å². The van der Waals surface area contributed by atoms with Crippen molar-refractivity contribution in [1.82, 2.24) is 14.0 Å². The van der Waals surface area contributed by atoms with E-state index >= 15 is 0 Å². The first-order valence-electron chi connectivity index (χ1n) is 18.3. The van der Waals surface area contributed by atoms with Gasteiger partial charge in [-0.15, -0.1) is 0 Å². The Hall–Kier alpha value is -5.57. The summed E-state index contributed by atoms with van der Waals surface area (Å²) in [5.41, 5.74) is 10.1. The molecule has 1 amide bonds. The Morgan fingerprint density at radius 2 is 1.59 bits per heavy atom. The normalized spacial score (nSPS) is 19.9. The summed E-state index contributed by atoms with van der Waals surface area (Å²) < 4.78 is 51.4. The average Bonchev–Trinajstić information content (AvgIpc) is 3.78. The van der Waals surface area contributed by atoms with Gasteiger partial charge >= 0.3 is 27.2 Å². The maximum atomic E-state index is 14.2. The molecule has 7 rings (SSSR count). The largest absolute Gasteiger partial charge is 0.479 e. The Morgan fingerprint density at radius 3 is 2.28 bits per heavy atom. The molecular weight excluding hydrogens is 786 g/mol. The standard InChI is InChI=1S/C40H42N6O10P2/c1-27-12-16-29(17-13-27)34-24-46-36(44-34)21-23-45(40(46)48)38-33(20-22-42-31-8-4-2-5-9-31)37(55-39(47)43-32-10-6-3-7-11-32)35(54-38)25-53-58(51,52)56-57(49,50)26-28-14-18-30(41)19-15-28/h2-19,21,23-24,33,35,37-38,42H,20,22,25-26,41H2,1H3,(H,43,47)(H,49,50)(H,51,52). The summed E-state index contributed by atoms with van der Waals surface area (Å²) in [6.45, 7) is 1.57. The van der Waals surface area contributed by atoms with Gasteiger partial charge in [-0.3, -0.25) is 23.4 Å². The Kier molecular flexibility index (Phi) is 12.3. The smallest absolute Gasteiger partial charge is 0.443 e. The third kappa shape index (κ3) is 10.1. The van der Waals surface area contributed by atoms with Crippen LogP contribution in [0.2, 0.25) is 0 Å². The number of imidazole rings is 1. The van der Waals surface area contributed by atoms with E-state index in [-0.39, 0.29) is 6.42 Å². The predicted octanol–water partition coefficient (Wildman–Crippen LogP) is 7.21. The van der Waals surface area contributed by atoms with Crippen LogP contribution in [-0.4, -0.2) is 55.2 Å². The van der Waals surface area contributed by atoms with Gasteiger partial charge in [0.1, 0.15) is 24.1 Å². The van der Waals surface area contributed by atoms with Gasteiger partial charge in [0, 0.05) is 47.5 Å². The molecule has 0 aliphatic carbocycles. The fourth-order valence-corrected chi connectivity index (χ4v) is 9.41. The molecule has 1 aliphatic rings. The number of carbonyl (C=O) groups is 1. The zero-order chi connectivity index (χ0) is 40.9. The maximum absolute atomic E-state index is 14.2. The van der Waals surface area contributed by atoms with E-state index in [2.05, 4.69) is 15.6 Å². The fourth-order valence-electron chi connectivity index (χ4n) is 6.70. The molecule has 1 fully saturated rings. The van der Waals surface area contributed by atoms with Crippen LogP contribution in [0.15, 0.2) is 132 Å². The monoisotopic (exact) mass is 828 g/mol. The van der Waals surface area contributed by atoms with Crippen molar-refractivity contribution in [2.24, 2.45) is 5.92 Å². The van der Waals surface area contributed by atoms with E-state index in [9.17, 15) is 28.5 Å². The molecule has 0 bridgehead atoms. The number of phosphoric acid groups is 1. The van der Waals surface area contributed by atoms with Crippen molar-refractivity contribution in [2.75, 3.05) is 29.5 Å². The number of hydrogen-bond donors (Lipinski definition) is 5. The van der Waals surface area contributed by atoms with Crippen LogP contribution in [0.4, 0.5) is 21.9 Å². The zero-order valence-corrected chi connectivity index (χ0v) is 33.0. The molecule has 0 saturated carbocycles. The van der Waals surface area contributed by atoms with Crippen LogP contribution in [-0.2, 0) is 33.6 Å². The van der Waals surface area contributed by atoms with Crippen LogP contribution in [0, 0.1) is 12.8 Å². The van der Waals surface area contributed by atoms with Crippen molar-refractivity contribution in [3.8, 4) is 11.3 Å². The maximum Gasteiger partial charge on any atom is 0.479 e. The van der Waals surface area contributed by atoms with Gasteiger partial charge in [-0.2, -0.15) is 0 Å². The number of ether oxygens (including phenoxy) is 2. The van der Waals surface area contributed by atoms with Crippen molar-refractivity contribution in [3.05, 3.63) is 149 Å². The first-order chi connectivity index (χ1) is 27.8. The Labute approximate surface area is 333 Å². The summed E-state index contributed by atoms with van der Waals surface area (Å²) >= 11 is 0. The lowest BCUT2D eigenvalue weighted by atomic mass is 9.95. The molecule has 302 valence electrons. The Morgan fingerprint density at radius 1 is 0.914 bits per heavy atom. The molecule has 0 spiro atoms. The molecule has 6 aromatic rings. The van der Waals surface area contributed by atoms with E-state index < -0.39 is 64.3 Å². The van der Waals surface area contributed by atoms with Crippen molar-refractivity contribution in [3.63, 3.8) is 0 Å². The van der Waals surface area contributed by atoms with Gasteiger partial charge in [0.2, 0.25) is 0 Å². The average molecular weight is 829 g/mol. The molecular formula is C40H42N6O10P2. The lowest BCUT2D eigenvalue weighted by Crippen LogP contribution is -2.38. The van der Waals surface area contributed by atoms with Crippen LogP contribution >= 0.6 is 15.4 Å². The number of phosphoric ester groups is 1. The second-order valence-corrected chi connectivity index (χ2v) is 17.2. The van der Waals surface area contributed by atoms with E-state index in [0.29, 0.717) is 34.8 Å². The number of para-hydroxylation sites is 2. The molecule has 3 heterocycles. The fraction of sp³-hybridized carbons (Fsp3) is 0.225. The van der Waals surface area contributed by atoms with Crippen molar-refractivity contribution < 1.29 is 42.0 Å². The Balaban J connectivity index is 1.19. The zero-order valence-electron chi connectivity index (χ0n) is 31.2. The van der Waals surface area contributed by atoms with E-state index in [4.69, 9.17) is 24.0 Å². The summed E-state index contributed by atoms with van der Waals surface area (Å²) in [6, 6.07) is 33.3. The Bertz CT molecular complexity index is 2500. The summed E-state index contributed by atoms with van der Waals surface area (Å²) in [7, 11) is -9.98. The number of anilines is 3. The third-order valence-electron chi connectivity index (χ3n) is 9.47. The molecule has 6 atom stereocenters. The first kappa shape index (κ1) is 40.6. The van der Waals surface area contributed by atoms with E-state index in [1.165, 1.54) is 39.4 Å². The quantitative estimate of drug-likeness (QED) is 0.0511. The van der Waals surface area contributed by atoms with Crippen LogP contribution in [0.3, 0.4) is 0 Å². The number of amides is 1. The number of nitrogens with two attached hydrogens (primary N) is 1. The van der Waals surface area contributed by atoms with Gasteiger partial charge in [0.05, 0.1) is 18.5 Å². The van der Waals surface area contributed by atoms with E-state index in [1.807, 2.05) is 61.5 Å². The highest BCUT2D eigenvalue weighted by atomic mass is 31.3. The minimum absolute atomic E-state index is 0.267. The molecule has 6 N–H and O–H groups in total. The highest BCUT2D eigenvalue weighted by Crippen LogP contribution is 2.61. The summed E-state index contributed by atoms with van der Waals surface area (Å²) in [5, 5.41) is 6.00. The molecule has 1 saturated heterocycles. The lowest BCUT2D eigenvalue weighted by Gasteiger charge is -2.25. The van der Waals surface area contributed by atoms with Gasteiger partial charge < -0.3 is 30.3 Å². The second-order valence-electron chi connectivity index (χ2n) is 13.8. The molecule has 1 aliphatic heterocycles. The van der Waals surface area contributed by atoms with Crippen LogP contribution in [0.25, 0.3) is 16.9 Å². The number of nitrogens with one attached hydrogen (secondary N) is 2. The molecule has 0 radical (unpaired) electrons. The van der Waals surface area contributed by atoms with Crippen molar-refractivity contribution in [2.45, 2.75) is 37.9 Å². The second kappa shape index (κ2) is 17.5. The number of carbonyl (C=O) groups excluding carboxylic acids is 1. The van der Waals surface area contributed by atoms with Crippen LogP contribution in [0.1, 0.15) is 23.8 Å². The van der Waals surface area contributed by atoms with Gasteiger partial charge in [-0.25, -0.2) is 23.4 Å². The first-order valence-corrected chi connectivity index (χ1v) is 21.6. The molecule has 2 aromatic heterocycles. The molecule has 4 aromatic carbocycles. The van der Waals surface area contributed by atoms with Gasteiger partial charge in [0.15, 0.2) is 0 Å². The number of hydrogen-bond acceptors (Lipinski definition) is 11. The number of benzene rings is 4. The molecule has 16 nitrogen and oxygen atoms in total. The molecule has 6 unspecified atom stereocenters. The number of aromatic nitrogens is 3. The summed E-state index contributed by atoms with van der Waals surface area (Å²) in [4.78, 5) is 53.6. The highest BCUT2D eigenvalue weighted by molar-refractivity contribution is 7.63. The number of fused-ring (bicyclic) bond motifs is 1. The minimum Gasteiger partial charge on any atom is -0.443 e. The van der Waals surface area contributed by atoms with Crippen LogP contribution < -0.4 is 22.1 Å². The number of rotatable bonds is 15. The van der Waals surface area contributed by atoms with Gasteiger partial charge in [-0.1, -0.05) is 78.4 Å². The minimum atomic E-state index is -5.24. The summed E-state index contributed by atoms with van der Waals surface area (Å²) in [6.07, 6.45) is -1.61. The number of nitrogen functional groups attached to an aromatic ring is 1. The highest BCUT2D eigenvalue weighted by Gasteiger charge is 2.49.